The number of nitrogens with zero attached hydrogens (tertiary/aromatic N) is 1. The van der Waals surface area contributed by atoms with Crippen LogP contribution in [0, 0.1) is 17.8 Å². The van der Waals surface area contributed by atoms with Gasteiger partial charge in [-0.05, 0) is 42.7 Å². The second kappa shape index (κ2) is 6.61. The molecule has 27 heavy (non-hydrogen) atoms. The van der Waals surface area contributed by atoms with E-state index in [4.69, 9.17) is 4.74 Å². The fourth-order valence-electron chi connectivity index (χ4n) is 5.79. The molecule has 0 bridgehead atoms. The third-order valence-electron chi connectivity index (χ3n) is 7.04. The first kappa shape index (κ1) is 17.7. The van der Waals surface area contributed by atoms with E-state index in [-0.39, 0.29) is 22.8 Å². The molecule has 3 aliphatic rings. The van der Waals surface area contributed by atoms with Crippen molar-refractivity contribution < 1.29 is 14.6 Å². The van der Waals surface area contributed by atoms with Gasteiger partial charge < -0.3 is 14.8 Å². The summed E-state index contributed by atoms with van der Waals surface area (Å²) in [5.74, 6) is -0.201. The highest BCUT2D eigenvalue weighted by Crippen LogP contribution is 2.50. The molecular weight excluding hydrogens is 408 g/mol. The standard InChI is InChI=1S/C21H25BrN2O3/c1-27-21(26)19-13-8-17-20-12(11-4-2-3-5-16(11)23-20)6-7-24(17)10-14(13)15(22)9-18(19)25/h2-5,13-15,17-19,23,25H,6-10H2,1H3/t13-,14+,15-,17-,18+,19+/m0/s1. The Morgan fingerprint density at radius 1 is 1.30 bits per heavy atom. The number of esters is 1. The van der Waals surface area contributed by atoms with Gasteiger partial charge in [0.15, 0.2) is 0 Å². The molecule has 6 heteroatoms. The summed E-state index contributed by atoms with van der Waals surface area (Å²) >= 11 is 3.80. The molecule has 2 aliphatic heterocycles. The smallest absolute Gasteiger partial charge is 0.311 e. The summed E-state index contributed by atoms with van der Waals surface area (Å²) in [6, 6.07) is 8.78. The number of piperidine rings is 1. The second-order valence-electron chi connectivity index (χ2n) is 8.25. The third kappa shape index (κ3) is 2.68. The number of hydrogen-bond donors (Lipinski definition) is 2. The fourth-order valence-corrected chi connectivity index (χ4v) is 6.74. The predicted octanol–water partition coefficient (Wildman–Crippen LogP) is 3.02. The number of methoxy groups -OCH3 is 1. The first-order chi connectivity index (χ1) is 13.1. The van der Waals surface area contributed by atoms with Crippen molar-refractivity contribution in [2.24, 2.45) is 17.8 Å². The maximum atomic E-state index is 12.5. The molecule has 1 aromatic carbocycles. The first-order valence-corrected chi connectivity index (χ1v) is 10.7. The lowest BCUT2D eigenvalue weighted by Gasteiger charge is -2.52. The van der Waals surface area contributed by atoms with E-state index in [0.29, 0.717) is 12.3 Å². The van der Waals surface area contributed by atoms with Gasteiger partial charge in [0.05, 0.1) is 25.2 Å². The molecule has 0 amide bonds. The number of aliphatic hydroxyl groups is 1. The average molecular weight is 433 g/mol. The fraction of sp³-hybridized carbons (Fsp3) is 0.571. The summed E-state index contributed by atoms with van der Waals surface area (Å²) in [6.07, 6.45) is 1.91. The highest BCUT2D eigenvalue weighted by molar-refractivity contribution is 9.09. The molecule has 0 spiro atoms. The molecule has 0 radical (unpaired) electrons. The Morgan fingerprint density at radius 2 is 2.11 bits per heavy atom. The second-order valence-corrected chi connectivity index (χ2v) is 9.43. The molecule has 2 aromatic rings. The minimum atomic E-state index is -0.639. The van der Waals surface area contributed by atoms with E-state index in [1.807, 2.05) is 0 Å². The molecule has 5 nitrogen and oxygen atoms in total. The topological polar surface area (TPSA) is 65.6 Å². The van der Waals surface area contributed by atoms with Gasteiger partial charge in [0, 0.05) is 34.5 Å². The summed E-state index contributed by atoms with van der Waals surface area (Å²) in [5, 5.41) is 12.0. The zero-order valence-electron chi connectivity index (χ0n) is 15.4. The van der Waals surface area contributed by atoms with Crippen LogP contribution in [0.15, 0.2) is 24.3 Å². The molecule has 1 aliphatic carbocycles. The van der Waals surface area contributed by atoms with Crippen molar-refractivity contribution in [1.82, 2.24) is 9.88 Å². The van der Waals surface area contributed by atoms with Crippen LogP contribution < -0.4 is 0 Å². The van der Waals surface area contributed by atoms with E-state index in [0.717, 1.165) is 25.9 Å². The van der Waals surface area contributed by atoms with Crippen LogP contribution >= 0.6 is 15.9 Å². The number of aromatic nitrogens is 1. The predicted molar refractivity (Wildman–Crippen MR) is 107 cm³/mol. The van der Waals surface area contributed by atoms with E-state index in [9.17, 15) is 9.90 Å². The Balaban J connectivity index is 1.54. The van der Waals surface area contributed by atoms with E-state index in [1.54, 1.807) is 0 Å². The van der Waals surface area contributed by atoms with Gasteiger partial charge in [0.1, 0.15) is 0 Å². The Labute approximate surface area is 167 Å². The van der Waals surface area contributed by atoms with Crippen LogP contribution in [0.3, 0.4) is 0 Å². The van der Waals surface area contributed by atoms with Crippen molar-refractivity contribution in [3.05, 3.63) is 35.5 Å². The number of aliphatic hydroxyl groups excluding tert-OH is 1. The zero-order valence-corrected chi connectivity index (χ0v) is 17.0. The highest BCUT2D eigenvalue weighted by atomic mass is 79.9. The van der Waals surface area contributed by atoms with Crippen molar-refractivity contribution in [3.8, 4) is 0 Å². The van der Waals surface area contributed by atoms with Gasteiger partial charge in [-0.15, -0.1) is 0 Å². The normalized spacial score (nSPS) is 36.0. The van der Waals surface area contributed by atoms with E-state index < -0.39 is 12.0 Å². The number of ether oxygens (including phenoxy) is 1. The maximum absolute atomic E-state index is 12.5. The number of nitrogens with one attached hydrogen (secondary N) is 1. The van der Waals surface area contributed by atoms with Crippen LogP contribution in [0.25, 0.3) is 10.9 Å². The van der Waals surface area contributed by atoms with Crippen LogP contribution in [0.5, 0.6) is 0 Å². The number of fused-ring (bicyclic) bond motifs is 6. The summed E-state index contributed by atoms with van der Waals surface area (Å²) in [6.45, 7) is 2.01. The quantitative estimate of drug-likeness (QED) is 0.536. The molecule has 1 saturated carbocycles. The van der Waals surface area contributed by atoms with E-state index in [2.05, 4.69) is 50.1 Å². The lowest BCUT2D eigenvalue weighted by atomic mass is 9.65. The van der Waals surface area contributed by atoms with Crippen LogP contribution in [0.2, 0.25) is 0 Å². The number of para-hydroxylation sites is 1. The Kier molecular flexibility index (Phi) is 4.33. The van der Waals surface area contributed by atoms with Gasteiger partial charge in [0.2, 0.25) is 0 Å². The van der Waals surface area contributed by atoms with Gasteiger partial charge in [-0.2, -0.15) is 0 Å². The Hall–Kier alpha value is -1.37. The zero-order chi connectivity index (χ0) is 18.7. The van der Waals surface area contributed by atoms with Gasteiger partial charge in [0.25, 0.3) is 0 Å². The lowest BCUT2D eigenvalue weighted by Crippen LogP contribution is -2.56. The number of aromatic amines is 1. The maximum Gasteiger partial charge on any atom is 0.311 e. The van der Waals surface area contributed by atoms with Crippen molar-refractivity contribution in [1.29, 1.82) is 0 Å². The summed E-state index contributed by atoms with van der Waals surface area (Å²) in [7, 11) is 1.43. The van der Waals surface area contributed by atoms with Crippen molar-refractivity contribution in [2.75, 3.05) is 20.2 Å². The van der Waals surface area contributed by atoms with Gasteiger partial charge >= 0.3 is 5.97 Å². The number of hydrogen-bond acceptors (Lipinski definition) is 4. The minimum Gasteiger partial charge on any atom is -0.469 e. The van der Waals surface area contributed by atoms with E-state index >= 15 is 0 Å². The summed E-state index contributed by atoms with van der Waals surface area (Å²) in [5.41, 5.74) is 3.92. The van der Waals surface area contributed by atoms with Crippen LogP contribution in [0.1, 0.15) is 30.1 Å². The SMILES string of the molecule is COC(=O)[C@@H]1[C@H]2C[C@H]3c4[nH]c5ccccc5c4CCN3C[C@H]2[C@@H](Br)C[C@H]1O. The van der Waals surface area contributed by atoms with Crippen molar-refractivity contribution in [2.45, 2.75) is 36.2 Å². The first-order valence-electron chi connectivity index (χ1n) is 9.82. The molecule has 2 fully saturated rings. The largest absolute Gasteiger partial charge is 0.469 e. The number of halogens is 1. The monoisotopic (exact) mass is 432 g/mol. The van der Waals surface area contributed by atoms with Gasteiger partial charge in [-0.1, -0.05) is 34.1 Å². The van der Waals surface area contributed by atoms with Gasteiger partial charge in [-0.3, -0.25) is 9.69 Å². The summed E-state index contributed by atoms with van der Waals surface area (Å²) in [4.78, 5) is 18.9. The van der Waals surface area contributed by atoms with E-state index in [1.165, 1.54) is 29.3 Å². The van der Waals surface area contributed by atoms with Crippen LogP contribution in [-0.2, 0) is 16.0 Å². The molecule has 2 N–H and O–H groups in total. The molecule has 3 heterocycles. The Bertz CT molecular complexity index is 881. The average Bonchev–Trinajstić information content (AvgIpc) is 3.06. The van der Waals surface area contributed by atoms with Crippen molar-refractivity contribution >= 4 is 32.8 Å². The molecule has 0 unspecified atom stereocenters. The van der Waals surface area contributed by atoms with Crippen LogP contribution in [0.4, 0.5) is 0 Å². The molecule has 1 aromatic heterocycles. The molecule has 5 rings (SSSR count). The molecule has 144 valence electrons. The molecular formula is C21H25BrN2O3. The number of carbonyl (C=O) groups is 1. The Morgan fingerprint density at radius 3 is 2.93 bits per heavy atom. The third-order valence-corrected chi connectivity index (χ3v) is 8.09. The number of benzene rings is 1. The summed E-state index contributed by atoms with van der Waals surface area (Å²) < 4.78 is 5.06. The molecule has 1 saturated heterocycles. The number of carbonyl (C=O) groups excluding carboxylic acids is 1. The van der Waals surface area contributed by atoms with Crippen molar-refractivity contribution in [3.63, 3.8) is 0 Å². The van der Waals surface area contributed by atoms with Crippen LogP contribution in [-0.4, -0.2) is 52.1 Å². The molecule has 6 atom stereocenters. The number of rotatable bonds is 1. The minimum absolute atomic E-state index is 0.129. The number of alkyl halides is 1. The number of H-pyrrole nitrogens is 1. The van der Waals surface area contributed by atoms with Gasteiger partial charge in [-0.25, -0.2) is 0 Å². The lowest BCUT2D eigenvalue weighted by molar-refractivity contribution is -0.159. The highest BCUT2D eigenvalue weighted by Gasteiger charge is 2.52.